The van der Waals surface area contributed by atoms with Crippen LogP contribution in [-0.2, 0) is 0 Å². The van der Waals surface area contributed by atoms with Gasteiger partial charge in [0.25, 0.3) is 5.91 Å². The molecule has 1 amide bonds. The SMILES string of the molecule is CCCOc1cccc(C(=O)NC(=S)Nc2ccc(I)cc2C(=O)O)c1. The summed E-state index contributed by atoms with van der Waals surface area (Å²) >= 11 is 7.15. The predicted octanol–water partition coefficient (Wildman–Crippen LogP) is 3.91. The van der Waals surface area contributed by atoms with E-state index in [2.05, 4.69) is 10.6 Å². The van der Waals surface area contributed by atoms with Crippen LogP contribution in [0.15, 0.2) is 42.5 Å². The van der Waals surface area contributed by atoms with Crippen LogP contribution in [0.5, 0.6) is 5.75 Å². The van der Waals surface area contributed by atoms with Crippen molar-refractivity contribution in [2.75, 3.05) is 11.9 Å². The molecule has 0 saturated heterocycles. The van der Waals surface area contributed by atoms with Crippen LogP contribution in [-0.4, -0.2) is 28.7 Å². The molecule has 136 valence electrons. The molecule has 6 nitrogen and oxygen atoms in total. The van der Waals surface area contributed by atoms with Gasteiger partial charge in [-0.2, -0.15) is 0 Å². The van der Waals surface area contributed by atoms with Gasteiger partial charge in [0.1, 0.15) is 5.75 Å². The summed E-state index contributed by atoms with van der Waals surface area (Å²) in [5, 5.41) is 14.6. The molecule has 0 saturated carbocycles. The number of halogens is 1. The highest BCUT2D eigenvalue weighted by atomic mass is 127. The van der Waals surface area contributed by atoms with Gasteiger partial charge >= 0.3 is 5.97 Å². The summed E-state index contributed by atoms with van der Waals surface area (Å²) in [5.74, 6) is -0.892. The molecule has 0 radical (unpaired) electrons. The Morgan fingerprint density at radius 1 is 1.23 bits per heavy atom. The van der Waals surface area contributed by atoms with E-state index in [4.69, 9.17) is 17.0 Å². The first-order valence-electron chi connectivity index (χ1n) is 7.78. The number of rotatable bonds is 6. The van der Waals surface area contributed by atoms with Crippen LogP contribution in [0.25, 0.3) is 0 Å². The molecule has 2 aromatic rings. The Balaban J connectivity index is 2.06. The predicted molar refractivity (Wildman–Crippen MR) is 112 cm³/mol. The maximum absolute atomic E-state index is 12.3. The quantitative estimate of drug-likeness (QED) is 0.426. The fourth-order valence-corrected chi connectivity index (χ4v) is 2.77. The van der Waals surface area contributed by atoms with Crippen molar-refractivity contribution in [3.63, 3.8) is 0 Å². The van der Waals surface area contributed by atoms with Crippen LogP contribution < -0.4 is 15.4 Å². The molecule has 0 aliphatic rings. The van der Waals surface area contributed by atoms with E-state index in [1.54, 1.807) is 36.4 Å². The second-order valence-corrected chi connectivity index (χ2v) is 6.93. The number of hydrogen-bond donors (Lipinski definition) is 3. The summed E-state index contributed by atoms with van der Waals surface area (Å²) in [6.45, 7) is 2.56. The minimum atomic E-state index is -1.08. The highest BCUT2D eigenvalue weighted by molar-refractivity contribution is 14.1. The third-order valence-corrected chi connectivity index (χ3v) is 4.13. The molecule has 8 heteroatoms. The number of carboxylic acid groups (broad SMARTS) is 1. The summed E-state index contributed by atoms with van der Waals surface area (Å²) in [5.41, 5.74) is 0.774. The minimum absolute atomic E-state index is 0.0126. The van der Waals surface area contributed by atoms with E-state index >= 15 is 0 Å². The van der Waals surface area contributed by atoms with E-state index in [-0.39, 0.29) is 10.7 Å². The molecule has 0 heterocycles. The van der Waals surface area contributed by atoms with Gasteiger partial charge in [0.2, 0.25) is 0 Å². The Hall–Kier alpha value is -2.20. The number of carboxylic acids is 1. The Labute approximate surface area is 170 Å². The van der Waals surface area contributed by atoms with Crippen molar-refractivity contribution in [2.45, 2.75) is 13.3 Å². The molecule has 2 aromatic carbocycles. The van der Waals surface area contributed by atoms with Gasteiger partial charge in [-0.1, -0.05) is 13.0 Å². The fourth-order valence-electron chi connectivity index (χ4n) is 2.08. The summed E-state index contributed by atoms with van der Waals surface area (Å²) in [6.07, 6.45) is 0.867. The number of thiocarbonyl (C=S) groups is 1. The third-order valence-electron chi connectivity index (χ3n) is 3.26. The van der Waals surface area contributed by atoms with Gasteiger partial charge in [-0.15, -0.1) is 0 Å². The lowest BCUT2D eigenvalue weighted by atomic mass is 10.2. The van der Waals surface area contributed by atoms with Crippen molar-refractivity contribution in [3.8, 4) is 5.75 Å². The number of amides is 1. The highest BCUT2D eigenvalue weighted by Gasteiger charge is 2.14. The Morgan fingerprint density at radius 3 is 2.69 bits per heavy atom. The number of benzene rings is 2. The molecule has 3 N–H and O–H groups in total. The van der Waals surface area contributed by atoms with E-state index in [0.29, 0.717) is 23.6 Å². The average Bonchev–Trinajstić information content (AvgIpc) is 2.61. The third kappa shape index (κ3) is 5.67. The van der Waals surface area contributed by atoms with Crippen LogP contribution in [0, 0.1) is 3.57 Å². The van der Waals surface area contributed by atoms with Gasteiger partial charge in [0.15, 0.2) is 5.11 Å². The van der Waals surface area contributed by atoms with Crippen LogP contribution in [0.3, 0.4) is 0 Å². The Bertz CT molecular complexity index is 842. The second-order valence-electron chi connectivity index (χ2n) is 5.28. The van der Waals surface area contributed by atoms with Crippen LogP contribution >= 0.6 is 34.8 Å². The smallest absolute Gasteiger partial charge is 0.337 e. The molecule has 0 unspecified atom stereocenters. The maximum Gasteiger partial charge on any atom is 0.337 e. The molecule has 26 heavy (non-hydrogen) atoms. The van der Waals surface area contributed by atoms with Gasteiger partial charge in [-0.3, -0.25) is 10.1 Å². The second kappa shape index (κ2) is 9.48. The number of nitrogens with one attached hydrogen (secondary N) is 2. The lowest BCUT2D eigenvalue weighted by molar-refractivity contribution is 0.0697. The van der Waals surface area contributed by atoms with E-state index in [0.717, 1.165) is 9.99 Å². The summed E-state index contributed by atoms with van der Waals surface area (Å²) in [4.78, 5) is 23.7. The monoisotopic (exact) mass is 484 g/mol. The average molecular weight is 484 g/mol. The Morgan fingerprint density at radius 2 is 2.00 bits per heavy atom. The van der Waals surface area contributed by atoms with Crippen molar-refractivity contribution < 1.29 is 19.4 Å². The Kier molecular flexibility index (Phi) is 7.34. The molecule has 2 rings (SSSR count). The lowest BCUT2D eigenvalue weighted by Crippen LogP contribution is -2.34. The molecule has 0 aliphatic carbocycles. The standard InChI is InChI=1S/C18H17IN2O4S/c1-2-8-25-13-5-3-4-11(9-13)16(22)21-18(26)20-15-7-6-12(19)10-14(15)17(23)24/h3-7,9-10H,2,8H2,1H3,(H,23,24)(H2,20,21,22,26). The highest BCUT2D eigenvalue weighted by Crippen LogP contribution is 2.19. The van der Waals surface area contributed by atoms with E-state index in [1.165, 1.54) is 6.07 Å². The van der Waals surface area contributed by atoms with Crippen molar-refractivity contribution in [1.82, 2.24) is 5.32 Å². The number of aromatic carboxylic acids is 1. The number of carbonyl (C=O) groups is 2. The first kappa shape index (κ1) is 20.1. The molecule has 0 spiro atoms. The largest absolute Gasteiger partial charge is 0.494 e. The maximum atomic E-state index is 12.3. The van der Waals surface area contributed by atoms with Crippen molar-refractivity contribution >= 4 is 57.5 Å². The van der Waals surface area contributed by atoms with Gasteiger partial charge in [0, 0.05) is 9.13 Å². The number of anilines is 1. The van der Waals surface area contributed by atoms with E-state index in [1.807, 2.05) is 29.5 Å². The van der Waals surface area contributed by atoms with E-state index < -0.39 is 11.9 Å². The first-order chi connectivity index (χ1) is 12.4. The van der Waals surface area contributed by atoms with Crippen molar-refractivity contribution in [3.05, 3.63) is 57.2 Å². The van der Waals surface area contributed by atoms with E-state index in [9.17, 15) is 14.7 Å². The topological polar surface area (TPSA) is 87.7 Å². The molecule has 0 fully saturated rings. The summed E-state index contributed by atoms with van der Waals surface area (Å²) in [6, 6.07) is 11.6. The summed E-state index contributed by atoms with van der Waals surface area (Å²) in [7, 11) is 0. The van der Waals surface area contributed by atoms with Crippen LogP contribution in [0.2, 0.25) is 0 Å². The van der Waals surface area contributed by atoms with Crippen LogP contribution in [0.4, 0.5) is 5.69 Å². The zero-order valence-electron chi connectivity index (χ0n) is 13.9. The lowest BCUT2D eigenvalue weighted by Gasteiger charge is -2.12. The van der Waals surface area contributed by atoms with Crippen LogP contribution in [0.1, 0.15) is 34.1 Å². The van der Waals surface area contributed by atoms with Crippen molar-refractivity contribution in [2.24, 2.45) is 0 Å². The summed E-state index contributed by atoms with van der Waals surface area (Å²) < 4.78 is 6.29. The normalized spacial score (nSPS) is 10.1. The van der Waals surface area contributed by atoms with Crippen molar-refractivity contribution in [1.29, 1.82) is 0 Å². The molecule has 0 aromatic heterocycles. The molecule has 0 bridgehead atoms. The minimum Gasteiger partial charge on any atom is -0.494 e. The molecular formula is C18H17IN2O4S. The molecule has 0 aliphatic heterocycles. The number of ether oxygens (including phenoxy) is 1. The number of hydrogen-bond acceptors (Lipinski definition) is 4. The zero-order valence-corrected chi connectivity index (χ0v) is 16.9. The first-order valence-corrected chi connectivity index (χ1v) is 9.27. The van der Waals surface area contributed by atoms with Gasteiger partial charge in [-0.25, -0.2) is 4.79 Å². The fraction of sp³-hybridized carbons (Fsp3) is 0.167. The number of carbonyl (C=O) groups excluding carboxylic acids is 1. The van der Waals surface area contributed by atoms with Gasteiger partial charge < -0.3 is 15.2 Å². The van der Waals surface area contributed by atoms with Gasteiger partial charge in [0.05, 0.1) is 17.9 Å². The van der Waals surface area contributed by atoms with Gasteiger partial charge in [-0.05, 0) is 77.6 Å². The zero-order chi connectivity index (χ0) is 19.1. The molecule has 0 atom stereocenters. The molecular weight excluding hydrogens is 467 g/mol.